The van der Waals surface area contributed by atoms with Gasteiger partial charge in [0.1, 0.15) is 0 Å². The smallest absolute Gasteiger partial charge is 0.0500 e. The minimum atomic E-state index is 0.675. The Balaban J connectivity index is 2.47. The lowest BCUT2D eigenvalue weighted by atomic mass is 10.2. The number of fused-ring (bicyclic) bond motifs is 1. The zero-order chi connectivity index (χ0) is 8.39. The molecular formula is C9H11N3. The van der Waals surface area contributed by atoms with E-state index in [2.05, 4.69) is 28.6 Å². The third-order valence-electron chi connectivity index (χ3n) is 1.88. The average molecular weight is 161 g/mol. The summed E-state index contributed by atoms with van der Waals surface area (Å²) in [6.45, 7) is 0.675. The van der Waals surface area contributed by atoms with Gasteiger partial charge in [-0.15, -0.1) is 0 Å². The molecule has 0 saturated carbocycles. The minimum Gasteiger partial charge on any atom is -0.357 e. The first-order valence-corrected chi connectivity index (χ1v) is 3.90. The second-order valence-corrected chi connectivity index (χ2v) is 2.76. The molecule has 3 heteroatoms. The molecule has 0 spiro atoms. The van der Waals surface area contributed by atoms with Crippen LogP contribution in [0.2, 0.25) is 0 Å². The van der Waals surface area contributed by atoms with Gasteiger partial charge in [-0.3, -0.25) is 11.3 Å². The SMILES string of the molecule is NNCc1cc2ccccc2[nH]1. The maximum atomic E-state index is 5.21. The van der Waals surface area contributed by atoms with Crippen LogP contribution in [0, 0.1) is 0 Å². The second-order valence-electron chi connectivity index (χ2n) is 2.76. The van der Waals surface area contributed by atoms with Crippen molar-refractivity contribution in [1.29, 1.82) is 0 Å². The molecule has 12 heavy (non-hydrogen) atoms. The van der Waals surface area contributed by atoms with Gasteiger partial charge < -0.3 is 4.98 Å². The largest absolute Gasteiger partial charge is 0.357 e. The van der Waals surface area contributed by atoms with Crippen LogP contribution in [0.3, 0.4) is 0 Å². The van der Waals surface area contributed by atoms with E-state index < -0.39 is 0 Å². The van der Waals surface area contributed by atoms with Crippen LogP contribution in [0.4, 0.5) is 0 Å². The highest BCUT2D eigenvalue weighted by Crippen LogP contribution is 2.13. The Kier molecular flexibility index (Phi) is 1.81. The number of H-pyrrole nitrogens is 1. The summed E-state index contributed by atoms with van der Waals surface area (Å²) in [4.78, 5) is 3.25. The van der Waals surface area contributed by atoms with Crippen molar-refractivity contribution in [1.82, 2.24) is 10.4 Å². The van der Waals surface area contributed by atoms with Crippen LogP contribution >= 0.6 is 0 Å². The summed E-state index contributed by atoms with van der Waals surface area (Å²) in [5.74, 6) is 5.21. The monoisotopic (exact) mass is 161 g/mol. The quantitative estimate of drug-likeness (QED) is 0.457. The number of hydrogen-bond acceptors (Lipinski definition) is 2. The Labute approximate surface area is 70.5 Å². The Bertz CT molecular complexity index is 345. The van der Waals surface area contributed by atoms with Crippen LogP contribution in [0.1, 0.15) is 5.69 Å². The summed E-state index contributed by atoms with van der Waals surface area (Å²) in [7, 11) is 0. The highest BCUT2D eigenvalue weighted by molar-refractivity contribution is 5.80. The molecule has 0 saturated heterocycles. The lowest BCUT2D eigenvalue weighted by Crippen LogP contribution is -2.20. The normalized spacial score (nSPS) is 10.8. The fraction of sp³-hybridized carbons (Fsp3) is 0.111. The third kappa shape index (κ3) is 1.20. The van der Waals surface area contributed by atoms with Gasteiger partial charge in [0.25, 0.3) is 0 Å². The molecule has 1 heterocycles. The van der Waals surface area contributed by atoms with E-state index in [4.69, 9.17) is 5.84 Å². The van der Waals surface area contributed by atoms with Gasteiger partial charge in [0.05, 0.1) is 0 Å². The lowest BCUT2D eigenvalue weighted by molar-refractivity contribution is 0.728. The maximum absolute atomic E-state index is 5.21. The molecule has 0 atom stereocenters. The summed E-state index contributed by atoms with van der Waals surface area (Å²) < 4.78 is 0. The van der Waals surface area contributed by atoms with Crippen LogP contribution in [0.15, 0.2) is 30.3 Å². The van der Waals surface area contributed by atoms with Crippen LogP contribution in [-0.2, 0) is 6.54 Å². The van der Waals surface area contributed by atoms with Gasteiger partial charge in [-0.05, 0) is 17.5 Å². The molecule has 2 rings (SSSR count). The topological polar surface area (TPSA) is 53.8 Å². The van der Waals surface area contributed by atoms with Crippen molar-refractivity contribution in [2.75, 3.05) is 0 Å². The number of aromatic nitrogens is 1. The Morgan fingerprint density at radius 1 is 1.33 bits per heavy atom. The van der Waals surface area contributed by atoms with Crippen molar-refractivity contribution in [3.05, 3.63) is 36.0 Å². The molecule has 0 aliphatic carbocycles. The summed E-state index contributed by atoms with van der Waals surface area (Å²) in [5, 5.41) is 1.22. The number of rotatable bonds is 2. The van der Waals surface area contributed by atoms with Crippen molar-refractivity contribution >= 4 is 10.9 Å². The highest BCUT2D eigenvalue weighted by Gasteiger charge is 1.97. The van der Waals surface area contributed by atoms with E-state index in [1.54, 1.807) is 0 Å². The molecule has 0 fully saturated rings. The zero-order valence-corrected chi connectivity index (χ0v) is 6.67. The Morgan fingerprint density at radius 2 is 2.17 bits per heavy atom. The van der Waals surface area contributed by atoms with Gasteiger partial charge in [-0.1, -0.05) is 18.2 Å². The van der Waals surface area contributed by atoms with Gasteiger partial charge in [0.2, 0.25) is 0 Å². The molecule has 0 aliphatic rings. The average Bonchev–Trinajstić information content (AvgIpc) is 2.47. The molecule has 0 bridgehead atoms. The second kappa shape index (κ2) is 2.97. The summed E-state index contributed by atoms with van der Waals surface area (Å²) >= 11 is 0. The fourth-order valence-corrected chi connectivity index (χ4v) is 1.34. The number of hydrogen-bond donors (Lipinski definition) is 3. The first-order valence-electron chi connectivity index (χ1n) is 3.90. The molecular weight excluding hydrogens is 150 g/mol. The minimum absolute atomic E-state index is 0.675. The molecule has 0 amide bonds. The first kappa shape index (κ1) is 7.34. The Morgan fingerprint density at radius 3 is 2.92 bits per heavy atom. The van der Waals surface area contributed by atoms with Crippen LogP contribution in [-0.4, -0.2) is 4.98 Å². The van der Waals surface area contributed by atoms with Crippen molar-refractivity contribution < 1.29 is 0 Å². The van der Waals surface area contributed by atoms with Gasteiger partial charge in [-0.25, -0.2) is 0 Å². The summed E-state index contributed by atoms with van der Waals surface area (Å²) in [6.07, 6.45) is 0. The van der Waals surface area contributed by atoms with Crippen LogP contribution < -0.4 is 11.3 Å². The van der Waals surface area contributed by atoms with Gasteiger partial charge in [0.15, 0.2) is 0 Å². The van der Waals surface area contributed by atoms with Crippen molar-refractivity contribution in [3.8, 4) is 0 Å². The Hall–Kier alpha value is -1.32. The molecule has 0 unspecified atom stereocenters. The predicted molar refractivity (Wildman–Crippen MR) is 49.3 cm³/mol. The number of nitrogens with one attached hydrogen (secondary N) is 2. The molecule has 3 nitrogen and oxygen atoms in total. The third-order valence-corrected chi connectivity index (χ3v) is 1.88. The summed E-state index contributed by atoms with van der Waals surface area (Å²) in [5.41, 5.74) is 4.88. The van der Waals surface area contributed by atoms with Gasteiger partial charge in [0, 0.05) is 17.8 Å². The van der Waals surface area contributed by atoms with E-state index >= 15 is 0 Å². The molecule has 4 N–H and O–H groups in total. The van der Waals surface area contributed by atoms with Crippen molar-refractivity contribution in [3.63, 3.8) is 0 Å². The van der Waals surface area contributed by atoms with Crippen molar-refractivity contribution in [2.45, 2.75) is 6.54 Å². The van der Waals surface area contributed by atoms with Gasteiger partial charge in [-0.2, -0.15) is 0 Å². The number of hydrazine groups is 1. The molecule has 0 aliphatic heterocycles. The van der Waals surface area contributed by atoms with Crippen LogP contribution in [0.25, 0.3) is 10.9 Å². The fourth-order valence-electron chi connectivity index (χ4n) is 1.34. The molecule has 0 radical (unpaired) electrons. The molecule has 1 aromatic carbocycles. The van der Waals surface area contributed by atoms with E-state index in [1.165, 1.54) is 5.39 Å². The standard InChI is InChI=1S/C9H11N3/c10-11-6-8-5-7-3-1-2-4-9(7)12-8/h1-5,11-12H,6,10H2. The van der Waals surface area contributed by atoms with E-state index in [-0.39, 0.29) is 0 Å². The van der Waals surface area contributed by atoms with Gasteiger partial charge >= 0.3 is 0 Å². The number of aromatic amines is 1. The predicted octanol–water partition coefficient (Wildman–Crippen LogP) is 1.13. The van der Waals surface area contributed by atoms with E-state index in [9.17, 15) is 0 Å². The maximum Gasteiger partial charge on any atom is 0.0500 e. The van der Waals surface area contributed by atoms with E-state index in [0.717, 1.165) is 11.2 Å². The molecule has 2 aromatic rings. The summed E-state index contributed by atoms with van der Waals surface area (Å²) in [6, 6.07) is 10.3. The van der Waals surface area contributed by atoms with E-state index in [1.807, 2.05) is 12.1 Å². The highest BCUT2D eigenvalue weighted by atomic mass is 15.2. The zero-order valence-electron chi connectivity index (χ0n) is 6.67. The first-order chi connectivity index (χ1) is 5.90. The lowest BCUT2D eigenvalue weighted by Gasteiger charge is -1.91. The van der Waals surface area contributed by atoms with Crippen molar-refractivity contribution in [2.24, 2.45) is 5.84 Å². The number of nitrogens with two attached hydrogens (primary N) is 1. The molecule has 62 valence electrons. The molecule has 1 aromatic heterocycles. The number of para-hydroxylation sites is 1. The van der Waals surface area contributed by atoms with E-state index in [0.29, 0.717) is 6.54 Å². The van der Waals surface area contributed by atoms with Crippen LogP contribution in [0.5, 0.6) is 0 Å². The number of benzene rings is 1.